The van der Waals surface area contributed by atoms with Gasteiger partial charge in [-0.15, -0.1) is 0 Å². The molecule has 1 aromatic heterocycles. The van der Waals surface area contributed by atoms with Crippen molar-refractivity contribution < 1.29 is 33.8 Å². The third-order valence-corrected chi connectivity index (χ3v) is 5.49. The molecule has 208 valence electrons. The van der Waals surface area contributed by atoms with Crippen molar-refractivity contribution in [2.75, 3.05) is 0 Å². The zero-order valence-corrected chi connectivity index (χ0v) is 22.3. The molecular weight excluding hydrogens is 494 g/mol. The molecule has 0 aliphatic rings. The number of aromatic amines is 1. The second-order valence-electron chi connectivity index (χ2n) is 10.5. The Balaban J connectivity index is 2.29. The maximum absolute atomic E-state index is 13.4. The van der Waals surface area contributed by atoms with Crippen molar-refractivity contribution in [3.63, 3.8) is 0 Å². The number of carbonyl (C=O) groups excluding carboxylic acids is 4. The molecule has 12 heteroatoms. The van der Waals surface area contributed by atoms with Crippen LogP contribution in [0.5, 0.6) is 0 Å². The quantitative estimate of drug-likeness (QED) is 0.239. The van der Waals surface area contributed by atoms with Gasteiger partial charge in [0.1, 0.15) is 23.7 Å². The van der Waals surface area contributed by atoms with Gasteiger partial charge in [0.15, 0.2) is 0 Å². The number of hydrogen-bond acceptors (Lipinski definition) is 6. The Morgan fingerprint density at radius 1 is 0.974 bits per heavy atom. The van der Waals surface area contributed by atoms with Gasteiger partial charge in [-0.05, 0) is 44.7 Å². The Hall–Kier alpha value is -4.09. The maximum atomic E-state index is 13.4. The van der Waals surface area contributed by atoms with Crippen LogP contribution in [-0.2, 0) is 30.3 Å². The summed E-state index contributed by atoms with van der Waals surface area (Å²) in [6, 6.07) is 3.79. The van der Waals surface area contributed by atoms with E-state index >= 15 is 0 Å². The summed E-state index contributed by atoms with van der Waals surface area (Å²) in [7, 11) is 0. The molecule has 0 bridgehead atoms. The molecule has 2 aromatic rings. The fourth-order valence-corrected chi connectivity index (χ4v) is 3.82. The van der Waals surface area contributed by atoms with Crippen molar-refractivity contribution in [3.8, 4) is 0 Å². The normalized spacial score (nSPS) is 13.8. The number of aromatic nitrogens is 1. The second kappa shape index (κ2) is 12.9. The monoisotopic (exact) mass is 531 g/mol. The summed E-state index contributed by atoms with van der Waals surface area (Å²) in [6.07, 6.45) is 0.504. The number of ether oxygens (including phenoxy) is 1. The number of primary amides is 1. The van der Waals surface area contributed by atoms with Crippen LogP contribution in [0.1, 0.15) is 53.0 Å². The standard InChI is InChI=1S/C26H37N5O7/c1-14(2)10-19(23(35)29-18(22(27)34)12-21(32)33)30-24(36)20(31-25(37)38-26(3,4)5)11-15-13-28-17-9-7-6-8-16(15)17/h6-9,13-14,18-20,28H,10-12H2,1-5H3,(H2,27,34)(H,29,35)(H,30,36)(H,31,37)(H,32,33)/t18-,19?,20-/m0/s1. The highest BCUT2D eigenvalue weighted by Gasteiger charge is 2.31. The molecule has 0 aliphatic carbocycles. The zero-order chi connectivity index (χ0) is 28.6. The van der Waals surface area contributed by atoms with E-state index in [1.54, 1.807) is 27.0 Å². The number of benzene rings is 1. The summed E-state index contributed by atoms with van der Waals surface area (Å²) in [5.74, 6) is -3.81. The van der Waals surface area contributed by atoms with E-state index in [-0.39, 0.29) is 18.8 Å². The van der Waals surface area contributed by atoms with Gasteiger partial charge in [-0.25, -0.2) is 4.79 Å². The molecule has 0 spiro atoms. The van der Waals surface area contributed by atoms with Crippen LogP contribution >= 0.6 is 0 Å². The highest BCUT2D eigenvalue weighted by molar-refractivity contribution is 5.95. The van der Waals surface area contributed by atoms with Gasteiger partial charge in [0.05, 0.1) is 6.42 Å². The Bertz CT molecular complexity index is 1170. The number of H-pyrrole nitrogens is 1. The summed E-state index contributed by atoms with van der Waals surface area (Å²) < 4.78 is 5.33. The minimum Gasteiger partial charge on any atom is -0.481 e. The van der Waals surface area contributed by atoms with Gasteiger partial charge in [0.2, 0.25) is 17.7 Å². The van der Waals surface area contributed by atoms with E-state index in [0.717, 1.165) is 16.5 Å². The number of aliphatic carboxylic acids is 1. The molecule has 0 fully saturated rings. The number of alkyl carbamates (subject to hydrolysis) is 1. The van der Waals surface area contributed by atoms with E-state index in [2.05, 4.69) is 20.9 Å². The average Bonchev–Trinajstić information content (AvgIpc) is 3.18. The summed E-state index contributed by atoms with van der Waals surface area (Å²) in [6.45, 7) is 8.74. The predicted octanol–water partition coefficient (Wildman–Crippen LogP) is 1.58. The van der Waals surface area contributed by atoms with Crippen molar-refractivity contribution in [2.24, 2.45) is 11.7 Å². The molecule has 0 saturated heterocycles. The number of rotatable bonds is 12. The summed E-state index contributed by atoms with van der Waals surface area (Å²) in [5, 5.41) is 17.4. The van der Waals surface area contributed by atoms with Gasteiger partial charge in [0.25, 0.3) is 0 Å². The fourth-order valence-electron chi connectivity index (χ4n) is 3.82. The van der Waals surface area contributed by atoms with E-state index in [1.165, 1.54) is 0 Å². The van der Waals surface area contributed by atoms with E-state index in [0.29, 0.717) is 0 Å². The number of nitrogens with one attached hydrogen (secondary N) is 4. The van der Waals surface area contributed by atoms with Gasteiger partial charge in [0, 0.05) is 23.5 Å². The minimum absolute atomic E-state index is 0.0524. The van der Waals surface area contributed by atoms with Crippen LogP contribution in [-0.4, -0.2) is 63.6 Å². The number of carboxylic acids is 1. The fraction of sp³-hybridized carbons (Fsp3) is 0.500. The summed E-state index contributed by atoms with van der Waals surface area (Å²) >= 11 is 0. The highest BCUT2D eigenvalue weighted by atomic mass is 16.6. The molecule has 38 heavy (non-hydrogen) atoms. The van der Waals surface area contributed by atoms with Gasteiger partial charge in [-0.2, -0.15) is 0 Å². The second-order valence-corrected chi connectivity index (χ2v) is 10.5. The van der Waals surface area contributed by atoms with Crippen LogP contribution in [0.4, 0.5) is 4.79 Å². The molecular formula is C26H37N5O7. The van der Waals surface area contributed by atoms with Gasteiger partial charge < -0.3 is 36.5 Å². The van der Waals surface area contributed by atoms with Gasteiger partial charge in [-0.1, -0.05) is 32.0 Å². The number of carboxylic acid groups (broad SMARTS) is 1. The molecule has 0 radical (unpaired) electrons. The van der Waals surface area contributed by atoms with Crippen LogP contribution in [0.3, 0.4) is 0 Å². The molecule has 4 amide bonds. The zero-order valence-electron chi connectivity index (χ0n) is 22.3. The minimum atomic E-state index is -1.45. The van der Waals surface area contributed by atoms with E-state index < -0.39 is 59.9 Å². The van der Waals surface area contributed by atoms with Crippen molar-refractivity contribution >= 4 is 40.7 Å². The molecule has 0 saturated carbocycles. The number of fused-ring (bicyclic) bond motifs is 1. The first-order valence-electron chi connectivity index (χ1n) is 12.3. The SMILES string of the molecule is CC(C)CC(NC(=O)[C@H](Cc1c[nH]c2ccccc12)NC(=O)OC(C)(C)C)C(=O)N[C@@H](CC(=O)O)C(N)=O. The third-order valence-electron chi connectivity index (χ3n) is 5.49. The molecule has 7 N–H and O–H groups in total. The smallest absolute Gasteiger partial charge is 0.408 e. The summed E-state index contributed by atoms with van der Waals surface area (Å²) in [4.78, 5) is 64.9. The van der Waals surface area contributed by atoms with Gasteiger partial charge >= 0.3 is 12.1 Å². The van der Waals surface area contributed by atoms with Crippen molar-refractivity contribution in [1.82, 2.24) is 20.9 Å². The van der Waals surface area contributed by atoms with Crippen LogP contribution < -0.4 is 21.7 Å². The van der Waals surface area contributed by atoms with Crippen LogP contribution in [0.2, 0.25) is 0 Å². The van der Waals surface area contributed by atoms with Gasteiger partial charge in [-0.3, -0.25) is 19.2 Å². The molecule has 1 aromatic carbocycles. The lowest BCUT2D eigenvalue weighted by Gasteiger charge is -2.26. The van der Waals surface area contributed by atoms with Crippen LogP contribution in [0.25, 0.3) is 10.9 Å². The number of hydrogen-bond donors (Lipinski definition) is 6. The Morgan fingerprint density at radius 2 is 1.58 bits per heavy atom. The highest BCUT2D eigenvalue weighted by Crippen LogP contribution is 2.20. The van der Waals surface area contributed by atoms with E-state index in [4.69, 9.17) is 15.6 Å². The van der Waals surface area contributed by atoms with E-state index in [9.17, 15) is 24.0 Å². The number of amides is 4. The van der Waals surface area contributed by atoms with Crippen molar-refractivity contribution in [2.45, 2.75) is 77.6 Å². The lowest BCUT2D eigenvalue weighted by atomic mass is 10.0. The summed E-state index contributed by atoms with van der Waals surface area (Å²) in [5.41, 5.74) is 6.05. The van der Waals surface area contributed by atoms with Crippen LogP contribution in [0.15, 0.2) is 30.5 Å². The molecule has 1 heterocycles. The lowest BCUT2D eigenvalue weighted by Crippen LogP contribution is -2.57. The van der Waals surface area contributed by atoms with E-state index in [1.807, 2.05) is 38.1 Å². The molecule has 3 atom stereocenters. The van der Waals surface area contributed by atoms with Crippen LogP contribution in [0, 0.1) is 5.92 Å². The predicted molar refractivity (Wildman–Crippen MR) is 140 cm³/mol. The molecule has 1 unspecified atom stereocenters. The first-order chi connectivity index (χ1) is 17.7. The molecule has 2 rings (SSSR count). The lowest BCUT2D eigenvalue weighted by molar-refractivity contribution is -0.140. The molecule has 0 aliphatic heterocycles. The Labute approximate surface area is 221 Å². The first-order valence-corrected chi connectivity index (χ1v) is 12.3. The Kier molecular flexibility index (Phi) is 10.3. The number of carbonyl (C=O) groups is 5. The molecule has 12 nitrogen and oxygen atoms in total. The Morgan fingerprint density at radius 3 is 2.16 bits per heavy atom. The number of nitrogens with two attached hydrogens (primary N) is 1. The van der Waals surface area contributed by atoms with Crippen molar-refractivity contribution in [3.05, 3.63) is 36.0 Å². The third kappa shape index (κ3) is 9.41. The topological polar surface area (TPSA) is 193 Å². The maximum Gasteiger partial charge on any atom is 0.408 e. The largest absolute Gasteiger partial charge is 0.481 e. The average molecular weight is 532 g/mol. The number of para-hydroxylation sites is 1. The van der Waals surface area contributed by atoms with Crippen molar-refractivity contribution in [1.29, 1.82) is 0 Å². The first kappa shape index (κ1) is 30.1.